The molecule has 2 aliphatic rings. The van der Waals surface area contributed by atoms with Gasteiger partial charge in [-0.05, 0) is 25.7 Å². The minimum atomic E-state index is 0.724. The largest absolute Gasteiger partial charge is 0.499 e. The summed E-state index contributed by atoms with van der Waals surface area (Å²) < 4.78 is 5.30. The van der Waals surface area contributed by atoms with Gasteiger partial charge in [0.1, 0.15) is 6.26 Å². The van der Waals surface area contributed by atoms with E-state index in [2.05, 4.69) is 5.32 Å². The van der Waals surface area contributed by atoms with Crippen LogP contribution in [0.25, 0.3) is 0 Å². The highest BCUT2D eigenvalue weighted by atomic mass is 16.5. The molecular weight excluding hydrogens is 162 g/mol. The molecule has 1 heterocycles. The molecule has 0 aromatic carbocycles. The smallest absolute Gasteiger partial charge is 0.102 e. The second-order valence-electron chi connectivity index (χ2n) is 4.10. The monoisotopic (exact) mass is 181 g/mol. The van der Waals surface area contributed by atoms with Gasteiger partial charge in [-0.2, -0.15) is 0 Å². The van der Waals surface area contributed by atoms with Crippen molar-refractivity contribution in [3.63, 3.8) is 0 Å². The van der Waals surface area contributed by atoms with Gasteiger partial charge in [0.2, 0.25) is 0 Å². The van der Waals surface area contributed by atoms with E-state index in [9.17, 15) is 0 Å². The van der Waals surface area contributed by atoms with Gasteiger partial charge in [0.05, 0.1) is 6.61 Å². The lowest BCUT2D eigenvalue weighted by Crippen LogP contribution is -2.31. The van der Waals surface area contributed by atoms with Crippen molar-refractivity contribution in [3.8, 4) is 0 Å². The van der Waals surface area contributed by atoms with Crippen LogP contribution in [0.3, 0.4) is 0 Å². The number of hydrogen-bond acceptors (Lipinski definition) is 2. The first-order valence-electron chi connectivity index (χ1n) is 5.52. The van der Waals surface area contributed by atoms with Crippen molar-refractivity contribution < 1.29 is 4.74 Å². The molecule has 1 fully saturated rings. The van der Waals surface area contributed by atoms with E-state index >= 15 is 0 Å². The number of allylic oxidation sites excluding steroid dienone is 1. The molecule has 0 aromatic rings. The fourth-order valence-electron chi connectivity index (χ4n) is 2.18. The molecule has 1 aliphatic carbocycles. The highest BCUT2D eigenvalue weighted by Crippen LogP contribution is 2.20. The molecule has 74 valence electrons. The first kappa shape index (κ1) is 8.92. The summed E-state index contributed by atoms with van der Waals surface area (Å²) in [6.07, 6.45) is 11.2. The van der Waals surface area contributed by atoms with Crippen LogP contribution in [0.4, 0.5) is 0 Å². The Morgan fingerprint density at radius 2 is 2.00 bits per heavy atom. The van der Waals surface area contributed by atoms with E-state index in [1.807, 2.05) is 6.26 Å². The van der Waals surface area contributed by atoms with Crippen LogP contribution in [-0.2, 0) is 4.74 Å². The second-order valence-corrected chi connectivity index (χ2v) is 4.10. The minimum absolute atomic E-state index is 0.724. The summed E-state index contributed by atoms with van der Waals surface area (Å²) >= 11 is 0. The standard InChI is InChI=1S/C11H19NO/c1-2-5-10(6-3-1)12-11-7-4-8-13-9-11/h9-10,12H,1-8H2. The Morgan fingerprint density at radius 1 is 1.15 bits per heavy atom. The van der Waals surface area contributed by atoms with Crippen molar-refractivity contribution in [1.29, 1.82) is 0 Å². The molecule has 0 atom stereocenters. The number of rotatable bonds is 2. The van der Waals surface area contributed by atoms with Crippen LogP contribution in [0, 0.1) is 0 Å². The highest BCUT2D eigenvalue weighted by Gasteiger charge is 2.14. The van der Waals surface area contributed by atoms with Gasteiger partial charge in [-0.1, -0.05) is 19.3 Å². The number of ether oxygens (including phenoxy) is 1. The van der Waals surface area contributed by atoms with Crippen molar-refractivity contribution in [2.24, 2.45) is 0 Å². The third kappa shape index (κ3) is 2.64. The quantitative estimate of drug-likeness (QED) is 0.707. The summed E-state index contributed by atoms with van der Waals surface area (Å²) in [5.41, 5.74) is 1.32. The maximum absolute atomic E-state index is 5.30. The van der Waals surface area contributed by atoms with E-state index in [-0.39, 0.29) is 0 Å². The Bertz CT molecular complexity index is 183. The average molecular weight is 181 g/mol. The van der Waals surface area contributed by atoms with Crippen LogP contribution in [-0.4, -0.2) is 12.6 Å². The summed E-state index contributed by atoms with van der Waals surface area (Å²) in [7, 11) is 0. The number of nitrogens with one attached hydrogen (secondary N) is 1. The van der Waals surface area contributed by atoms with Gasteiger partial charge in [-0.15, -0.1) is 0 Å². The van der Waals surface area contributed by atoms with Gasteiger partial charge in [0.15, 0.2) is 0 Å². The molecule has 0 saturated heterocycles. The first-order chi connectivity index (χ1) is 6.45. The molecule has 0 bridgehead atoms. The zero-order valence-corrected chi connectivity index (χ0v) is 8.22. The third-order valence-electron chi connectivity index (χ3n) is 2.93. The normalized spacial score (nSPS) is 24.8. The lowest BCUT2D eigenvalue weighted by Gasteiger charge is -2.26. The van der Waals surface area contributed by atoms with Crippen molar-refractivity contribution in [1.82, 2.24) is 5.32 Å². The fraction of sp³-hybridized carbons (Fsp3) is 0.818. The van der Waals surface area contributed by atoms with Crippen LogP contribution in [0.1, 0.15) is 44.9 Å². The van der Waals surface area contributed by atoms with Crippen LogP contribution >= 0.6 is 0 Å². The van der Waals surface area contributed by atoms with E-state index in [1.165, 1.54) is 50.6 Å². The van der Waals surface area contributed by atoms with Crippen molar-refractivity contribution >= 4 is 0 Å². The van der Waals surface area contributed by atoms with Gasteiger partial charge < -0.3 is 10.1 Å². The predicted molar refractivity (Wildman–Crippen MR) is 53.3 cm³/mol. The van der Waals surface area contributed by atoms with Gasteiger partial charge in [0.25, 0.3) is 0 Å². The minimum Gasteiger partial charge on any atom is -0.499 e. The van der Waals surface area contributed by atoms with Crippen LogP contribution in [0.5, 0.6) is 0 Å². The summed E-state index contributed by atoms with van der Waals surface area (Å²) in [5.74, 6) is 0. The average Bonchev–Trinajstić information content (AvgIpc) is 2.21. The van der Waals surface area contributed by atoms with E-state index in [0.29, 0.717) is 0 Å². The predicted octanol–water partition coefficient (Wildman–Crippen LogP) is 2.56. The van der Waals surface area contributed by atoms with Gasteiger partial charge in [-0.25, -0.2) is 0 Å². The molecule has 13 heavy (non-hydrogen) atoms. The van der Waals surface area contributed by atoms with E-state index in [1.54, 1.807) is 0 Å². The van der Waals surface area contributed by atoms with Crippen molar-refractivity contribution in [2.75, 3.05) is 6.61 Å². The Morgan fingerprint density at radius 3 is 2.69 bits per heavy atom. The van der Waals surface area contributed by atoms with Crippen LogP contribution in [0.15, 0.2) is 12.0 Å². The maximum atomic E-state index is 5.30. The second kappa shape index (κ2) is 4.54. The van der Waals surface area contributed by atoms with Crippen molar-refractivity contribution in [3.05, 3.63) is 12.0 Å². The van der Waals surface area contributed by atoms with Crippen LogP contribution in [0.2, 0.25) is 0 Å². The third-order valence-corrected chi connectivity index (χ3v) is 2.93. The lowest BCUT2D eigenvalue weighted by atomic mass is 9.95. The van der Waals surface area contributed by atoms with Crippen molar-refractivity contribution in [2.45, 2.75) is 51.0 Å². The summed E-state index contributed by atoms with van der Waals surface area (Å²) in [6, 6.07) is 0.724. The zero-order chi connectivity index (χ0) is 8.93. The molecule has 2 heteroatoms. The molecule has 0 amide bonds. The van der Waals surface area contributed by atoms with Gasteiger partial charge in [-0.3, -0.25) is 0 Å². The van der Waals surface area contributed by atoms with Gasteiger partial charge >= 0.3 is 0 Å². The van der Waals surface area contributed by atoms with E-state index < -0.39 is 0 Å². The van der Waals surface area contributed by atoms with Gasteiger partial charge in [0, 0.05) is 11.7 Å². The maximum Gasteiger partial charge on any atom is 0.102 e. The van der Waals surface area contributed by atoms with E-state index in [4.69, 9.17) is 4.74 Å². The molecule has 1 aliphatic heterocycles. The topological polar surface area (TPSA) is 21.3 Å². The summed E-state index contributed by atoms with van der Waals surface area (Å²) in [4.78, 5) is 0. The molecule has 1 saturated carbocycles. The molecule has 2 rings (SSSR count). The molecule has 0 unspecified atom stereocenters. The lowest BCUT2D eigenvalue weighted by molar-refractivity contribution is 0.217. The van der Waals surface area contributed by atoms with E-state index in [0.717, 1.165) is 12.6 Å². The SMILES string of the molecule is C1=C(NC2CCCCC2)CCCO1. The molecule has 2 nitrogen and oxygen atoms in total. The molecule has 0 spiro atoms. The summed E-state index contributed by atoms with van der Waals surface area (Å²) in [6.45, 7) is 0.899. The Balaban J connectivity index is 1.78. The molecule has 1 N–H and O–H groups in total. The molecular formula is C11H19NO. The Kier molecular flexibility index (Phi) is 3.11. The molecule has 0 radical (unpaired) electrons. The molecule has 0 aromatic heterocycles. The summed E-state index contributed by atoms with van der Waals surface area (Å²) in [5, 5.41) is 3.59. The Labute approximate surface area is 80.4 Å². The number of hydrogen-bond donors (Lipinski definition) is 1. The highest BCUT2D eigenvalue weighted by molar-refractivity contribution is 4.99. The Hall–Kier alpha value is -0.660. The zero-order valence-electron chi connectivity index (χ0n) is 8.22. The fourth-order valence-corrected chi connectivity index (χ4v) is 2.18. The first-order valence-corrected chi connectivity index (χ1v) is 5.52. The van der Waals surface area contributed by atoms with Crippen LogP contribution < -0.4 is 5.32 Å².